The minimum atomic E-state index is -0.450. The second-order valence-electron chi connectivity index (χ2n) is 3.58. The molecular weight excluding hydrogens is 218 g/mol. The zero-order valence-corrected chi connectivity index (χ0v) is 10.2. The lowest BCUT2D eigenvalue weighted by Crippen LogP contribution is -2.09. The molecule has 0 saturated carbocycles. The summed E-state index contributed by atoms with van der Waals surface area (Å²) in [5.74, 6) is 5.40. The van der Waals surface area contributed by atoms with Gasteiger partial charge in [-0.05, 0) is 26.8 Å². The first kappa shape index (κ1) is 13.0. The minimum Gasteiger partial charge on any atom is -0.489 e. The fourth-order valence-corrected chi connectivity index (χ4v) is 1.12. The van der Waals surface area contributed by atoms with E-state index in [1.54, 1.807) is 19.2 Å². The van der Waals surface area contributed by atoms with Gasteiger partial charge in [0.15, 0.2) is 6.61 Å². The summed E-state index contributed by atoms with van der Waals surface area (Å²) in [5, 5.41) is 0. The van der Waals surface area contributed by atoms with Gasteiger partial charge in [0.2, 0.25) is 0 Å². The number of esters is 1. The molecule has 0 bridgehead atoms. The molecule has 0 saturated heterocycles. The molecular formula is C13H15NO3. The predicted octanol–water partition coefficient (Wildman–Crippen LogP) is 2.05. The number of carbonyl (C=O) groups excluding carboxylic acids is 1. The number of hydrogen-bond donors (Lipinski definition) is 0. The van der Waals surface area contributed by atoms with Crippen molar-refractivity contribution in [3.63, 3.8) is 0 Å². The van der Waals surface area contributed by atoms with Gasteiger partial charge in [0.25, 0.3) is 0 Å². The van der Waals surface area contributed by atoms with E-state index in [-0.39, 0.29) is 12.7 Å². The molecule has 1 rings (SSSR count). The lowest BCUT2D eigenvalue weighted by molar-refractivity contribution is 0.0555. The highest BCUT2D eigenvalue weighted by Gasteiger charge is 2.09. The number of pyridine rings is 1. The molecule has 0 unspecified atom stereocenters. The summed E-state index contributed by atoms with van der Waals surface area (Å²) >= 11 is 0. The Morgan fingerprint density at radius 2 is 2.24 bits per heavy atom. The molecule has 0 amide bonds. The highest BCUT2D eigenvalue weighted by atomic mass is 16.5. The Morgan fingerprint density at radius 1 is 1.47 bits per heavy atom. The lowest BCUT2D eigenvalue weighted by Gasteiger charge is -2.09. The molecule has 4 heteroatoms. The van der Waals surface area contributed by atoms with Crippen LogP contribution in [0.15, 0.2) is 18.5 Å². The summed E-state index contributed by atoms with van der Waals surface area (Å²) in [4.78, 5) is 15.5. The third-order valence-corrected chi connectivity index (χ3v) is 1.77. The summed E-state index contributed by atoms with van der Waals surface area (Å²) < 4.78 is 10.4. The fraction of sp³-hybridized carbons (Fsp3) is 0.385. The van der Waals surface area contributed by atoms with Crippen LogP contribution in [0.4, 0.5) is 0 Å². The first-order valence-electron chi connectivity index (χ1n) is 5.32. The van der Waals surface area contributed by atoms with Gasteiger partial charge >= 0.3 is 5.97 Å². The SMILES string of the molecule is CC#CCOC(=O)c1cncc(OC(C)C)c1. The van der Waals surface area contributed by atoms with Crippen LogP contribution in [0.3, 0.4) is 0 Å². The Hall–Kier alpha value is -2.02. The van der Waals surface area contributed by atoms with Crippen LogP contribution >= 0.6 is 0 Å². The molecule has 17 heavy (non-hydrogen) atoms. The quantitative estimate of drug-likeness (QED) is 0.590. The Bertz CT molecular complexity index is 443. The van der Waals surface area contributed by atoms with E-state index in [0.29, 0.717) is 11.3 Å². The molecule has 0 aromatic carbocycles. The van der Waals surface area contributed by atoms with Gasteiger partial charge < -0.3 is 9.47 Å². The van der Waals surface area contributed by atoms with Crippen molar-refractivity contribution in [2.24, 2.45) is 0 Å². The maximum absolute atomic E-state index is 11.6. The third-order valence-electron chi connectivity index (χ3n) is 1.77. The monoisotopic (exact) mass is 233 g/mol. The second-order valence-corrected chi connectivity index (χ2v) is 3.58. The maximum Gasteiger partial charge on any atom is 0.340 e. The molecule has 0 fully saturated rings. The van der Waals surface area contributed by atoms with Crippen molar-refractivity contribution < 1.29 is 14.3 Å². The van der Waals surface area contributed by atoms with Crippen molar-refractivity contribution >= 4 is 5.97 Å². The molecule has 0 spiro atoms. The number of carbonyl (C=O) groups is 1. The highest BCUT2D eigenvalue weighted by Crippen LogP contribution is 2.13. The normalized spacial score (nSPS) is 9.41. The zero-order valence-electron chi connectivity index (χ0n) is 10.2. The van der Waals surface area contributed by atoms with Crippen LogP contribution in [0.25, 0.3) is 0 Å². The van der Waals surface area contributed by atoms with Crippen molar-refractivity contribution in [2.45, 2.75) is 26.9 Å². The number of nitrogens with zero attached hydrogens (tertiary/aromatic N) is 1. The van der Waals surface area contributed by atoms with E-state index in [1.165, 1.54) is 6.20 Å². The van der Waals surface area contributed by atoms with Crippen LogP contribution < -0.4 is 4.74 Å². The average Bonchev–Trinajstić information content (AvgIpc) is 2.28. The summed E-state index contributed by atoms with van der Waals surface area (Å²) in [6.07, 6.45) is 3.03. The van der Waals surface area contributed by atoms with Gasteiger partial charge in [0, 0.05) is 6.20 Å². The van der Waals surface area contributed by atoms with Crippen molar-refractivity contribution in [1.29, 1.82) is 0 Å². The van der Waals surface area contributed by atoms with Crippen LogP contribution in [0, 0.1) is 11.8 Å². The topological polar surface area (TPSA) is 48.4 Å². The number of ether oxygens (including phenoxy) is 2. The van der Waals surface area contributed by atoms with Crippen LogP contribution in [0.1, 0.15) is 31.1 Å². The van der Waals surface area contributed by atoms with Crippen molar-refractivity contribution in [2.75, 3.05) is 6.61 Å². The molecule has 0 aliphatic rings. The van der Waals surface area contributed by atoms with E-state index in [9.17, 15) is 4.79 Å². The Balaban J connectivity index is 2.69. The summed E-state index contributed by atoms with van der Waals surface area (Å²) in [7, 11) is 0. The molecule has 1 aromatic rings. The molecule has 4 nitrogen and oxygen atoms in total. The van der Waals surface area contributed by atoms with E-state index >= 15 is 0 Å². The Morgan fingerprint density at radius 3 is 2.88 bits per heavy atom. The number of rotatable bonds is 4. The van der Waals surface area contributed by atoms with Gasteiger partial charge in [-0.3, -0.25) is 4.98 Å². The molecule has 0 atom stereocenters. The standard InChI is InChI=1S/C13H15NO3/c1-4-5-6-16-13(15)11-7-12(9-14-8-11)17-10(2)3/h7-10H,6H2,1-3H3. The maximum atomic E-state index is 11.6. The van der Waals surface area contributed by atoms with Gasteiger partial charge in [0.1, 0.15) is 5.75 Å². The van der Waals surface area contributed by atoms with Gasteiger partial charge in [-0.15, -0.1) is 5.92 Å². The third kappa shape index (κ3) is 4.56. The molecule has 0 aliphatic heterocycles. The minimum absolute atomic E-state index is 0.0361. The summed E-state index contributed by atoms with van der Waals surface area (Å²) in [6.45, 7) is 5.58. The molecule has 1 heterocycles. The average molecular weight is 233 g/mol. The van der Waals surface area contributed by atoms with Gasteiger partial charge in [-0.25, -0.2) is 4.79 Å². The Kier molecular flexibility index (Phi) is 5.02. The Labute approximate surface area is 101 Å². The van der Waals surface area contributed by atoms with Crippen LogP contribution in [0.5, 0.6) is 5.75 Å². The van der Waals surface area contributed by atoms with E-state index in [0.717, 1.165) is 0 Å². The zero-order chi connectivity index (χ0) is 12.7. The van der Waals surface area contributed by atoms with E-state index in [1.807, 2.05) is 13.8 Å². The molecule has 0 radical (unpaired) electrons. The summed E-state index contributed by atoms with van der Waals surface area (Å²) in [6, 6.07) is 1.61. The molecule has 0 aliphatic carbocycles. The van der Waals surface area contributed by atoms with Crippen molar-refractivity contribution in [3.8, 4) is 17.6 Å². The largest absolute Gasteiger partial charge is 0.489 e. The van der Waals surface area contributed by atoms with E-state index in [4.69, 9.17) is 9.47 Å². The lowest BCUT2D eigenvalue weighted by atomic mass is 10.3. The highest BCUT2D eigenvalue weighted by molar-refractivity contribution is 5.89. The molecule has 1 aromatic heterocycles. The van der Waals surface area contributed by atoms with E-state index in [2.05, 4.69) is 16.8 Å². The summed E-state index contributed by atoms with van der Waals surface area (Å²) in [5.41, 5.74) is 0.362. The van der Waals surface area contributed by atoms with Crippen LogP contribution in [-0.4, -0.2) is 23.7 Å². The second kappa shape index (κ2) is 6.54. The fourth-order valence-electron chi connectivity index (χ4n) is 1.12. The van der Waals surface area contributed by atoms with Crippen molar-refractivity contribution in [1.82, 2.24) is 4.98 Å². The van der Waals surface area contributed by atoms with Gasteiger partial charge in [-0.1, -0.05) is 5.92 Å². The smallest absolute Gasteiger partial charge is 0.340 e. The number of aromatic nitrogens is 1. The molecule has 0 N–H and O–H groups in total. The first-order chi connectivity index (χ1) is 8.13. The van der Waals surface area contributed by atoms with Crippen LogP contribution in [-0.2, 0) is 4.74 Å². The molecule has 90 valence electrons. The van der Waals surface area contributed by atoms with Crippen LogP contribution in [0.2, 0.25) is 0 Å². The first-order valence-corrected chi connectivity index (χ1v) is 5.32. The predicted molar refractivity (Wildman–Crippen MR) is 63.7 cm³/mol. The van der Waals surface area contributed by atoms with E-state index < -0.39 is 5.97 Å². The van der Waals surface area contributed by atoms with Gasteiger partial charge in [0.05, 0.1) is 17.9 Å². The van der Waals surface area contributed by atoms with Gasteiger partial charge in [-0.2, -0.15) is 0 Å². The van der Waals surface area contributed by atoms with Crippen molar-refractivity contribution in [3.05, 3.63) is 24.0 Å². The number of hydrogen-bond acceptors (Lipinski definition) is 4.